The van der Waals surface area contributed by atoms with E-state index >= 15 is 0 Å². The number of sulfonamides is 1. The second-order valence-corrected chi connectivity index (χ2v) is 6.12. The molecule has 5 nitrogen and oxygen atoms in total. The van der Waals surface area contributed by atoms with Crippen molar-refractivity contribution in [3.05, 3.63) is 59.1 Å². The van der Waals surface area contributed by atoms with Gasteiger partial charge in [-0.05, 0) is 48.5 Å². The Hall–Kier alpha value is -2.05. The molecule has 3 N–H and O–H groups in total. The van der Waals surface area contributed by atoms with Gasteiger partial charge in [0.05, 0.1) is 4.90 Å². The Kier molecular flexibility index (Phi) is 3.96. The van der Waals surface area contributed by atoms with Gasteiger partial charge in [-0.15, -0.1) is 0 Å². The summed E-state index contributed by atoms with van der Waals surface area (Å²) in [6.07, 6.45) is 0. The number of carbonyl (C=O) groups is 1. The van der Waals surface area contributed by atoms with Crippen LogP contribution in [0.4, 0.5) is 5.69 Å². The standard InChI is InChI=1S/C13H11ClN2O3S/c14-10-3-7-12(8-4-10)20(18,19)16-11-5-1-9(2-6-11)13(15)17/h1-8,16H,(H2,15,17). The van der Waals surface area contributed by atoms with E-state index in [-0.39, 0.29) is 4.90 Å². The summed E-state index contributed by atoms with van der Waals surface area (Å²) < 4.78 is 26.6. The Morgan fingerprint density at radius 1 is 1.00 bits per heavy atom. The number of rotatable bonds is 4. The van der Waals surface area contributed by atoms with Crippen molar-refractivity contribution in [2.75, 3.05) is 4.72 Å². The number of primary amides is 1. The SMILES string of the molecule is NC(=O)c1ccc(NS(=O)(=O)c2ccc(Cl)cc2)cc1. The van der Waals surface area contributed by atoms with E-state index in [1.165, 1.54) is 48.5 Å². The van der Waals surface area contributed by atoms with Crippen LogP contribution in [-0.2, 0) is 10.0 Å². The highest BCUT2D eigenvalue weighted by Gasteiger charge is 2.14. The number of amides is 1. The first-order chi connectivity index (χ1) is 9.38. The number of anilines is 1. The minimum absolute atomic E-state index is 0.0980. The Labute approximate surface area is 121 Å². The van der Waals surface area contributed by atoms with Gasteiger partial charge in [-0.1, -0.05) is 11.6 Å². The molecule has 0 heterocycles. The van der Waals surface area contributed by atoms with E-state index in [9.17, 15) is 13.2 Å². The van der Waals surface area contributed by atoms with Crippen molar-refractivity contribution in [1.82, 2.24) is 0 Å². The van der Waals surface area contributed by atoms with Crippen LogP contribution in [0.1, 0.15) is 10.4 Å². The summed E-state index contributed by atoms with van der Waals surface area (Å²) in [5.41, 5.74) is 5.75. The molecule has 20 heavy (non-hydrogen) atoms. The maximum Gasteiger partial charge on any atom is 0.261 e. The van der Waals surface area contributed by atoms with Gasteiger partial charge < -0.3 is 5.73 Å². The molecule has 0 saturated carbocycles. The van der Waals surface area contributed by atoms with E-state index in [4.69, 9.17) is 17.3 Å². The first kappa shape index (κ1) is 14.4. The van der Waals surface area contributed by atoms with Crippen LogP contribution in [0.3, 0.4) is 0 Å². The molecule has 104 valence electrons. The van der Waals surface area contributed by atoms with Gasteiger partial charge >= 0.3 is 0 Å². The topological polar surface area (TPSA) is 89.3 Å². The molecule has 2 aromatic carbocycles. The van der Waals surface area contributed by atoms with E-state index in [0.717, 1.165) is 0 Å². The predicted octanol–water partition coefficient (Wildman–Crippen LogP) is 2.24. The minimum Gasteiger partial charge on any atom is -0.366 e. The molecule has 0 saturated heterocycles. The lowest BCUT2D eigenvalue weighted by atomic mass is 10.2. The Balaban J connectivity index is 2.24. The fourth-order valence-corrected chi connectivity index (χ4v) is 2.71. The predicted molar refractivity (Wildman–Crippen MR) is 77.2 cm³/mol. The van der Waals surface area contributed by atoms with Crippen molar-refractivity contribution in [2.24, 2.45) is 5.73 Å². The second kappa shape index (κ2) is 5.52. The second-order valence-electron chi connectivity index (χ2n) is 4.00. The number of hydrogen-bond donors (Lipinski definition) is 2. The molecule has 1 amide bonds. The number of carbonyl (C=O) groups excluding carboxylic acids is 1. The fraction of sp³-hybridized carbons (Fsp3) is 0. The summed E-state index contributed by atoms with van der Waals surface area (Å²) in [5, 5.41) is 0.453. The molecule has 7 heteroatoms. The highest BCUT2D eigenvalue weighted by molar-refractivity contribution is 7.92. The van der Waals surface area contributed by atoms with Gasteiger partial charge in [-0.3, -0.25) is 9.52 Å². The summed E-state index contributed by atoms with van der Waals surface area (Å²) in [5.74, 6) is -0.572. The molecule has 0 atom stereocenters. The summed E-state index contributed by atoms with van der Waals surface area (Å²) in [4.78, 5) is 11.0. The number of nitrogens with one attached hydrogen (secondary N) is 1. The van der Waals surface area contributed by atoms with Crippen molar-refractivity contribution in [3.63, 3.8) is 0 Å². The van der Waals surface area contributed by atoms with Crippen LogP contribution in [0.15, 0.2) is 53.4 Å². The Morgan fingerprint density at radius 2 is 1.55 bits per heavy atom. The van der Waals surface area contributed by atoms with Gasteiger partial charge in [0.2, 0.25) is 5.91 Å². The Morgan fingerprint density at radius 3 is 2.05 bits per heavy atom. The lowest BCUT2D eigenvalue weighted by Crippen LogP contribution is -2.14. The van der Waals surface area contributed by atoms with Gasteiger partial charge in [0, 0.05) is 16.3 Å². The van der Waals surface area contributed by atoms with Crippen LogP contribution in [0.5, 0.6) is 0 Å². The van der Waals surface area contributed by atoms with Crippen molar-refractivity contribution < 1.29 is 13.2 Å². The van der Waals surface area contributed by atoms with Crippen LogP contribution in [0.25, 0.3) is 0 Å². The number of nitrogens with two attached hydrogens (primary N) is 1. The maximum absolute atomic E-state index is 12.1. The summed E-state index contributed by atoms with van der Waals surface area (Å²) in [6, 6.07) is 11.6. The van der Waals surface area contributed by atoms with E-state index in [2.05, 4.69) is 4.72 Å². The zero-order valence-electron chi connectivity index (χ0n) is 10.2. The molecule has 0 spiro atoms. The average molecular weight is 311 g/mol. The molecular formula is C13H11ClN2O3S. The van der Waals surface area contributed by atoms with Crippen LogP contribution in [-0.4, -0.2) is 14.3 Å². The first-order valence-corrected chi connectivity index (χ1v) is 7.43. The number of hydrogen-bond acceptors (Lipinski definition) is 3. The average Bonchev–Trinajstić information content (AvgIpc) is 2.39. The molecule has 0 aliphatic heterocycles. The highest BCUT2D eigenvalue weighted by Crippen LogP contribution is 2.18. The van der Waals surface area contributed by atoms with Gasteiger partial charge in [0.1, 0.15) is 0 Å². The molecule has 0 bridgehead atoms. The summed E-state index contributed by atoms with van der Waals surface area (Å²) >= 11 is 5.71. The quantitative estimate of drug-likeness (QED) is 0.907. The number of benzene rings is 2. The third kappa shape index (κ3) is 3.28. The molecular weight excluding hydrogens is 300 g/mol. The summed E-state index contributed by atoms with van der Waals surface area (Å²) in [7, 11) is -3.69. The molecule has 2 aromatic rings. The van der Waals surface area contributed by atoms with Crippen LogP contribution in [0.2, 0.25) is 5.02 Å². The molecule has 0 aliphatic carbocycles. The monoisotopic (exact) mass is 310 g/mol. The van der Waals surface area contributed by atoms with Crippen LogP contribution < -0.4 is 10.5 Å². The van der Waals surface area contributed by atoms with Gasteiger partial charge in [0.15, 0.2) is 0 Å². The van der Waals surface area contributed by atoms with Crippen LogP contribution in [0, 0.1) is 0 Å². The molecule has 0 fully saturated rings. The normalized spacial score (nSPS) is 11.1. The molecule has 0 radical (unpaired) electrons. The minimum atomic E-state index is -3.69. The number of halogens is 1. The smallest absolute Gasteiger partial charge is 0.261 e. The highest BCUT2D eigenvalue weighted by atomic mass is 35.5. The zero-order valence-corrected chi connectivity index (χ0v) is 11.8. The largest absolute Gasteiger partial charge is 0.366 e. The lowest BCUT2D eigenvalue weighted by molar-refractivity contribution is 0.100. The summed E-state index contributed by atoms with van der Waals surface area (Å²) in [6.45, 7) is 0. The van der Waals surface area contributed by atoms with E-state index < -0.39 is 15.9 Å². The van der Waals surface area contributed by atoms with E-state index in [1.807, 2.05) is 0 Å². The third-order valence-electron chi connectivity index (χ3n) is 2.55. The van der Waals surface area contributed by atoms with Crippen molar-refractivity contribution in [1.29, 1.82) is 0 Å². The first-order valence-electron chi connectivity index (χ1n) is 5.57. The van der Waals surface area contributed by atoms with Crippen molar-refractivity contribution in [2.45, 2.75) is 4.90 Å². The van der Waals surface area contributed by atoms with Crippen molar-refractivity contribution in [3.8, 4) is 0 Å². The zero-order chi connectivity index (χ0) is 14.8. The van der Waals surface area contributed by atoms with E-state index in [0.29, 0.717) is 16.3 Å². The lowest BCUT2D eigenvalue weighted by Gasteiger charge is -2.08. The molecule has 0 aromatic heterocycles. The molecule has 0 aliphatic rings. The van der Waals surface area contributed by atoms with Gasteiger partial charge in [-0.25, -0.2) is 8.42 Å². The Bertz CT molecular complexity index is 725. The fourth-order valence-electron chi connectivity index (χ4n) is 1.53. The van der Waals surface area contributed by atoms with Crippen molar-refractivity contribution >= 4 is 33.2 Å². The third-order valence-corrected chi connectivity index (χ3v) is 4.19. The van der Waals surface area contributed by atoms with Crippen LogP contribution >= 0.6 is 11.6 Å². The van der Waals surface area contributed by atoms with Gasteiger partial charge in [-0.2, -0.15) is 0 Å². The van der Waals surface area contributed by atoms with Gasteiger partial charge in [0.25, 0.3) is 10.0 Å². The molecule has 2 rings (SSSR count). The maximum atomic E-state index is 12.1. The molecule has 0 unspecified atom stereocenters. The van der Waals surface area contributed by atoms with E-state index in [1.54, 1.807) is 0 Å².